The Bertz CT molecular complexity index is 1190. The van der Waals surface area contributed by atoms with Gasteiger partial charge in [0.15, 0.2) is 11.6 Å². The number of fused-ring (bicyclic) bond motifs is 1. The lowest BCUT2D eigenvalue weighted by Crippen LogP contribution is -2.27. The monoisotopic (exact) mass is 450 g/mol. The summed E-state index contributed by atoms with van der Waals surface area (Å²) in [5.74, 6) is 1.43. The molecule has 4 heterocycles. The molecule has 1 saturated heterocycles. The van der Waals surface area contributed by atoms with Crippen LogP contribution in [0.1, 0.15) is 12.1 Å². The fourth-order valence-electron chi connectivity index (χ4n) is 3.77. The van der Waals surface area contributed by atoms with Gasteiger partial charge in [-0.2, -0.15) is 5.10 Å². The molecule has 5 rings (SSSR count). The molecule has 1 aliphatic heterocycles. The zero-order valence-electron chi connectivity index (χ0n) is 17.8. The number of anilines is 3. The van der Waals surface area contributed by atoms with Crippen LogP contribution < -0.4 is 10.6 Å². The summed E-state index contributed by atoms with van der Waals surface area (Å²) in [5.41, 5.74) is 2.95. The molecule has 3 aromatic heterocycles. The van der Waals surface area contributed by atoms with Crippen molar-refractivity contribution in [3.63, 3.8) is 0 Å². The summed E-state index contributed by atoms with van der Waals surface area (Å²) in [4.78, 5) is 8.07. The van der Waals surface area contributed by atoms with Gasteiger partial charge in [-0.1, -0.05) is 0 Å². The van der Waals surface area contributed by atoms with E-state index in [9.17, 15) is 5.11 Å². The normalized spacial score (nSPS) is 16.6. The third kappa shape index (κ3) is 4.87. The second kappa shape index (κ2) is 9.19. The second-order valence-corrected chi connectivity index (χ2v) is 8.98. The Hall–Kier alpha value is -3.08. The third-order valence-corrected chi connectivity index (χ3v) is 6.26. The number of likely N-dealkylation sites (tertiary alicyclic amines) is 1. The lowest BCUT2D eigenvalue weighted by Gasteiger charge is -2.15. The number of nitrogens with zero attached hydrogens (tertiary/aromatic N) is 5. The minimum absolute atomic E-state index is 0.168. The molecule has 1 atom stereocenters. The Labute approximate surface area is 190 Å². The highest BCUT2D eigenvalue weighted by Gasteiger charge is 2.19. The van der Waals surface area contributed by atoms with Crippen LogP contribution in [-0.2, 0) is 0 Å². The van der Waals surface area contributed by atoms with Gasteiger partial charge in [-0.05, 0) is 61.5 Å². The lowest BCUT2D eigenvalue weighted by molar-refractivity contribution is 0.177. The molecular formula is C22H26N8OS. The number of hydrogen-bond acceptors (Lipinski definition) is 8. The maximum atomic E-state index is 9.62. The zero-order chi connectivity index (χ0) is 21.9. The van der Waals surface area contributed by atoms with Crippen molar-refractivity contribution < 1.29 is 5.11 Å². The summed E-state index contributed by atoms with van der Waals surface area (Å²) in [5, 5.41) is 28.8. The highest BCUT2D eigenvalue weighted by molar-refractivity contribution is 7.99. The number of aromatic nitrogens is 5. The van der Waals surface area contributed by atoms with Gasteiger partial charge in [0.2, 0.25) is 5.16 Å². The molecule has 1 unspecified atom stereocenters. The minimum atomic E-state index is -0.168. The summed E-state index contributed by atoms with van der Waals surface area (Å²) >= 11 is 1.51. The van der Waals surface area contributed by atoms with E-state index in [1.54, 1.807) is 0 Å². The van der Waals surface area contributed by atoms with E-state index in [0.29, 0.717) is 11.0 Å². The van der Waals surface area contributed by atoms with E-state index in [4.69, 9.17) is 4.98 Å². The number of hydrogen-bond donors (Lipinski definition) is 4. The van der Waals surface area contributed by atoms with E-state index in [1.807, 2.05) is 35.8 Å². The van der Waals surface area contributed by atoms with Gasteiger partial charge in [0.1, 0.15) is 5.52 Å². The quantitative estimate of drug-likeness (QED) is 0.324. The first kappa shape index (κ1) is 20.8. The molecule has 0 saturated carbocycles. The third-order valence-electron chi connectivity index (χ3n) is 5.39. The van der Waals surface area contributed by atoms with Crippen molar-refractivity contribution in [2.75, 3.05) is 36.8 Å². The molecule has 9 nitrogen and oxygen atoms in total. The standard InChI is InChI=1S/C22H26N8OS/c1-15-13-20(27-26-15)24-21-19-3-2-10-30(19)28-22(25-21)32-18-6-4-16(5-7-18)23-9-12-29-11-8-17(31)14-29/h2-7,10,13,17,23,31H,8-9,11-12,14H2,1H3,(H2,24,25,26,27,28). The predicted molar refractivity (Wildman–Crippen MR) is 126 cm³/mol. The van der Waals surface area contributed by atoms with Gasteiger partial charge < -0.3 is 15.7 Å². The van der Waals surface area contributed by atoms with Crippen LogP contribution in [0, 0.1) is 6.92 Å². The zero-order valence-corrected chi connectivity index (χ0v) is 18.6. The van der Waals surface area contributed by atoms with E-state index >= 15 is 0 Å². The first-order valence-electron chi connectivity index (χ1n) is 10.7. The van der Waals surface area contributed by atoms with Crippen LogP contribution in [0.25, 0.3) is 5.52 Å². The number of H-pyrrole nitrogens is 1. The summed E-state index contributed by atoms with van der Waals surface area (Å²) in [6, 6.07) is 14.1. The van der Waals surface area contributed by atoms with Crippen LogP contribution in [0.3, 0.4) is 0 Å². The van der Waals surface area contributed by atoms with Crippen molar-refractivity contribution in [3.8, 4) is 0 Å². The van der Waals surface area contributed by atoms with E-state index < -0.39 is 0 Å². The number of β-amino-alcohol motifs (C(OH)–C–C–N with tert-alkyl or cyclic N) is 1. The van der Waals surface area contributed by atoms with Crippen molar-refractivity contribution in [1.29, 1.82) is 0 Å². The van der Waals surface area contributed by atoms with Gasteiger partial charge >= 0.3 is 0 Å². The van der Waals surface area contributed by atoms with Crippen molar-refractivity contribution in [2.24, 2.45) is 0 Å². The number of aromatic amines is 1. The van der Waals surface area contributed by atoms with Crippen molar-refractivity contribution in [3.05, 3.63) is 54.4 Å². The number of benzene rings is 1. The lowest BCUT2D eigenvalue weighted by atomic mass is 10.3. The highest BCUT2D eigenvalue weighted by Crippen LogP contribution is 2.28. The van der Waals surface area contributed by atoms with Crippen LogP contribution >= 0.6 is 11.8 Å². The highest BCUT2D eigenvalue weighted by atomic mass is 32.2. The van der Waals surface area contributed by atoms with Crippen LogP contribution in [-0.4, -0.2) is 67.1 Å². The Morgan fingerprint density at radius 1 is 1.25 bits per heavy atom. The Morgan fingerprint density at radius 2 is 2.12 bits per heavy atom. The Balaban J connectivity index is 1.24. The molecule has 1 fully saturated rings. The molecule has 0 aliphatic carbocycles. The minimum Gasteiger partial charge on any atom is -0.392 e. The van der Waals surface area contributed by atoms with E-state index in [-0.39, 0.29) is 6.10 Å². The van der Waals surface area contributed by atoms with Crippen LogP contribution in [0.15, 0.2) is 58.7 Å². The SMILES string of the molecule is Cc1cc(Nc2nc(Sc3ccc(NCCN4CCC(O)C4)cc3)nn3cccc23)n[nH]1. The van der Waals surface area contributed by atoms with Gasteiger partial charge in [0, 0.05) is 54.7 Å². The van der Waals surface area contributed by atoms with Crippen LogP contribution in [0.5, 0.6) is 0 Å². The molecule has 4 aromatic rings. The average Bonchev–Trinajstić information content (AvgIpc) is 3.51. The summed E-state index contributed by atoms with van der Waals surface area (Å²) in [6.45, 7) is 5.50. The summed E-state index contributed by atoms with van der Waals surface area (Å²) in [6.07, 6.45) is 2.62. The summed E-state index contributed by atoms with van der Waals surface area (Å²) in [7, 11) is 0. The number of nitrogens with one attached hydrogen (secondary N) is 3. The largest absolute Gasteiger partial charge is 0.392 e. The van der Waals surface area contributed by atoms with Gasteiger partial charge in [0.05, 0.1) is 6.10 Å². The van der Waals surface area contributed by atoms with Crippen molar-refractivity contribution in [1.82, 2.24) is 29.7 Å². The Morgan fingerprint density at radius 3 is 2.88 bits per heavy atom. The molecule has 0 amide bonds. The molecule has 10 heteroatoms. The second-order valence-electron chi connectivity index (χ2n) is 7.94. The fourth-order valence-corrected chi connectivity index (χ4v) is 4.52. The molecule has 4 N–H and O–H groups in total. The Kier molecular flexibility index (Phi) is 5.97. The van der Waals surface area contributed by atoms with Crippen LogP contribution in [0.2, 0.25) is 0 Å². The average molecular weight is 451 g/mol. The van der Waals surface area contributed by atoms with Gasteiger partial charge in [-0.25, -0.2) is 9.50 Å². The molecule has 0 radical (unpaired) electrons. The molecule has 0 bridgehead atoms. The molecular weight excluding hydrogens is 424 g/mol. The maximum absolute atomic E-state index is 9.62. The van der Waals surface area contributed by atoms with Gasteiger partial charge in [-0.3, -0.25) is 10.00 Å². The van der Waals surface area contributed by atoms with Gasteiger partial charge in [-0.15, -0.1) is 5.10 Å². The molecule has 1 aliphatic rings. The van der Waals surface area contributed by atoms with Gasteiger partial charge in [0.25, 0.3) is 0 Å². The first-order chi connectivity index (χ1) is 15.6. The molecule has 32 heavy (non-hydrogen) atoms. The molecule has 0 spiro atoms. The topological polar surface area (TPSA) is 106 Å². The van der Waals surface area contributed by atoms with Crippen LogP contribution in [0.4, 0.5) is 17.3 Å². The molecule has 1 aromatic carbocycles. The number of aryl methyl sites for hydroxylation is 1. The number of rotatable bonds is 8. The number of aliphatic hydroxyl groups excluding tert-OH is 1. The smallest absolute Gasteiger partial charge is 0.214 e. The molecule has 166 valence electrons. The number of aliphatic hydroxyl groups is 1. The van der Waals surface area contributed by atoms with E-state index in [1.165, 1.54) is 11.8 Å². The fraction of sp³-hybridized carbons (Fsp3) is 0.318. The van der Waals surface area contributed by atoms with Crippen molar-refractivity contribution in [2.45, 2.75) is 29.5 Å². The maximum Gasteiger partial charge on any atom is 0.214 e. The van der Waals surface area contributed by atoms with E-state index in [0.717, 1.165) is 60.2 Å². The predicted octanol–water partition coefficient (Wildman–Crippen LogP) is 3.13. The van der Waals surface area contributed by atoms with E-state index in [2.05, 4.69) is 55.1 Å². The first-order valence-corrected chi connectivity index (χ1v) is 11.5. The van der Waals surface area contributed by atoms with Crippen molar-refractivity contribution >= 4 is 34.6 Å². The summed E-state index contributed by atoms with van der Waals surface area (Å²) < 4.78 is 1.82.